The summed E-state index contributed by atoms with van der Waals surface area (Å²) in [6, 6.07) is 0. The van der Waals surface area contributed by atoms with Crippen LogP contribution in [0, 0.1) is 23.7 Å². The van der Waals surface area contributed by atoms with E-state index < -0.39 is 0 Å². The molecule has 0 spiro atoms. The highest BCUT2D eigenvalue weighted by Crippen LogP contribution is 2.47. The molecule has 4 atom stereocenters. The first-order chi connectivity index (χ1) is 11.0. The maximum atomic E-state index is 13.4. The molecule has 2 aliphatic carbocycles. The van der Waals surface area contributed by atoms with E-state index in [-0.39, 0.29) is 5.54 Å². The SMILES string of the molecule is CCC(C)(C)N1CC2CCCCCC3CCCCCC(C1=O)C32. The van der Waals surface area contributed by atoms with Crippen molar-refractivity contribution in [2.45, 2.75) is 96.9 Å². The van der Waals surface area contributed by atoms with Crippen molar-refractivity contribution in [3.63, 3.8) is 0 Å². The Kier molecular flexibility index (Phi) is 5.38. The van der Waals surface area contributed by atoms with Crippen molar-refractivity contribution in [1.29, 1.82) is 0 Å². The maximum Gasteiger partial charge on any atom is 0.226 e. The second-order valence-corrected chi connectivity index (χ2v) is 9.09. The zero-order chi connectivity index (χ0) is 16.4. The molecule has 2 saturated carbocycles. The molecule has 1 aliphatic heterocycles. The molecule has 0 aromatic carbocycles. The fourth-order valence-electron chi connectivity index (χ4n) is 5.66. The number of nitrogens with zero attached hydrogens (tertiary/aromatic N) is 1. The second-order valence-electron chi connectivity index (χ2n) is 9.09. The molecule has 2 nitrogen and oxygen atoms in total. The topological polar surface area (TPSA) is 20.3 Å². The van der Waals surface area contributed by atoms with Crippen molar-refractivity contribution >= 4 is 5.91 Å². The van der Waals surface area contributed by atoms with E-state index in [0.717, 1.165) is 31.2 Å². The molecule has 3 aliphatic rings. The third-order valence-electron chi connectivity index (χ3n) is 7.39. The van der Waals surface area contributed by atoms with Gasteiger partial charge in [0.15, 0.2) is 0 Å². The van der Waals surface area contributed by atoms with Gasteiger partial charge in [-0.2, -0.15) is 0 Å². The summed E-state index contributed by atoms with van der Waals surface area (Å²) in [7, 11) is 0. The molecular formula is C21H37NO. The van der Waals surface area contributed by atoms with Crippen LogP contribution in [0.1, 0.15) is 91.4 Å². The molecule has 2 heteroatoms. The standard InChI is InChI=1S/C21H37NO/c1-4-21(2,3)22-15-17-13-9-5-7-11-16-12-8-6-10-14-18(19(16)17)20(22)23/h16-19H,4-15H2,1-3H3. The van der Waals surface area contributed by atoms with E-state index >= 15 is 0 Å². The number of likely N-dealkylation sites (tertiary alicyclic amines) is 1. The van der Waals surface area contributed by atoms with Crippen molar-refractivity contribution in [2.24, 2.45) is 23.7 Å². The van der Waals surface area contributed by atoms with Gasteiger partial charge >= 0.3 is 0 Å². The van der Waals surface area contributed by atoms with E-state index in [1.54, 1.807) is 0 Å². The number of piperidine rings is 1. The van der Waals surface area contributed by atoms with Crippen molar-refractivity contribution in [3.05, 3.63) is 0 Å². The molecule has 0 radical (unpaired) electrons. The lowest BCUT2D eigenvalue weighted by Crippen LogP contribution is -2.59. The Balaban J connectivity index is 1.91. The minimum atomic E-state index is 0.0300. The molecule has 0 aromatic heterocycles. The fourth-order valence-corrected chi connectivity index (χ4v) is 5.66. The highest BCUT2D eigenvalue weighted by Gasteiger charge is 2.48. The molecule has 3 rings (SSSR count). The van der Waals surface area contributed by atoms with Gasteiger partial charge in [-0.15, -0.1) is 0 Å². The van der Waals surface area contributed by atoms with Crippen molar-refractivity contribution in [3.8, 4) is 0 Å². The Morgan fingerprint density at radius 2 is 1.48 bits per heavy atom. The lowest BCUT2D eigenvalue weighted by molar-refractivity contribution is -0.155. The van der Waals surface area contributed by atoms with Crippen molar-refractivity contribution < 1.29 is 4.79 Å². The molecule has 0 aromatic rings. The lowest BCUT2D eigenvalue weighted by Gasteiger charge is -2.52. The highest BCUT2D eigenvalue weighted by molar-refractivity contribution is 5.81. The molecule has 3 fully saturated rings. The van der Waals surface area contributed by atoms with Gasteiger partial charge < -0.3 is 4.90 Å². The number of carbonyl (C=O) groups is 1. The maximum absolute atomic E-state index is 13.4. The van der Waals surface area contributed by atoms with Gasteiger partial charge in [0.05, 0.1) is 0 Å². The first-order valence-corrected chi connectivity index (χ1v) is 10.4. The van der Waals surface area contributed by atoms with E-state index in [1.165, 1.54) is 57.8 Å². The molecule has 1 saturated heterocycles. The van der Waals surface area contributed by atoms with Gasteiger partial charge in [0.2, 0.25) is 5.91 Å². The smallest absolute Gasteiger partial charge is 0.226 e. The zero-order valence-corrected chi connectivity index (χ0v) is 15.7. The molecule has 132 valence electrons. The summed E-state index contributed by atoms with van der Waals surface area (Å²) in [6.45, 7) is 7.82. The first kappa shape index (κ1) is 17.3. The number of rotatable bonds is 2. The summed E-state index contributed by atoms with van der Waals surface area (Å²) in [6.07, 6.45) is 14.6. The Morgan fingerprint density at radius 1 is 0.913 bits per heavy atom. The number of carbonyl (C=O) groups excluding carboxylic acids is 1. The van der Waals surface area contributed by atoms with Crippen LogP contribution in [0.25, 0.3) is 0 Å². The van der Waals surface area contributed by atoms with Crippen LogP contribution in [0.15, 0.2) is 0 Å². The van der Waals surface area contributed by atoms with Gasteiger partial charge in [-0.1, -0.05) is 58.3 Å². The third-order valence-corrected chi connectivity index (χ3v) is 7.39. The first-order valence-electron chi connectivity index (χ1n) is 10.4. The van der Waals surface area contributed by atoms with E-state index in [0.29, 0.717) is 17.7 Å². The molecule has 1 amide bonds. The van der Waals surface area contributed by atoms with E-state index in [4.69, 9.17) is 0 Å². The van der Waals surface area contributed by atoms with Crippen molar-refractivity contribution in [1.82, 2.24) is 4.90 Å². The van der Waals surface area contributed by atoms with Crippen LogP contribution in [0.5, 0.6) is 0 Å². The van der Waals surface area contributed by atoms with Crippen LogP contribution in [-0.2, 0) is 4.79 Å². The average molecular weight is 320 g/mol. The highest BCUT2D eigenvalue weighted by atomic mass is 16.2. The molecule has 0 bridgehead atoms. The monoisotopic (exact) mass is 319 g/mol. The molecule has 4 unspecified atom stereocenters. The van der Waals surface area contributed by atoms with Gasteiger partial charge in [-0.25, -0.2) is 0 Å². The predicted octanol–water partition coefficient (Wildman–Crippen LogP) is 5.41. The van der Waals surface area contributed by atoms with Crippen molar-refractivity contribution in [2.75, 3.05) is 6.54 Å². The quantitative estimate of drug-likeness (QED) is 0.666. The number of amides is 1. The molecule has 1 heterocycles. The summed E-state index contributed by atoms with van der Waals surface area (Å²) in [5.41, 5.74) is 0.0300. The second kappa shape index (κ2) is 7.15. The fraction of sp³-hybridized carbons (Fsp3) is 0.952. The van der Waals surface area contributed by atoms with Crippen LogP contribution in [0.3, 0.4) is 0 Å². The summed E-state index contributed by atoms with van der Waals surface area (Å²) >= 11 is 0. The molecular weight excluding hydrogens is 282 g/mol. The third kappa shape index (κ3) is 3.46. The van der Waals surface area contributed by atoms with Crippen LogP contribution < -0.4 is 0 Å². The zero-order valence-electron chi connectivity index (χ0n) is 15.7. The Morgan fingerprint density at radius 3 is 2.09 bits per heavy atom. The normalized spacial score (nSPS) is 36.5. The van der Waals surface area contributed by atoms with Crippen LogP contribution in [0.4, 0.5) is 0 Å². The van der Waals surface area contributed by atoms with Gasteiger partial charge in [0.1, 0.15) is 0 Å². The van der Waals surface area contributed by atoms with E-state index in [1.807, 2.05) is 0 Å². The number of hydrogen-bond donors (Lipinski definition) is 0. The Hall–Kier alpha value is -0.530. The molecule has 0 N–H and O–H groups in total. The van der Waals surface area contributed by atoms with E-state index in [2.05, 4.69) is 25.7 Å². The summed E-state index contributed by atoms with van der Waals surface area (Å²) in [5, 5.41) is 0. The summed E-state index contributed by atoms with van der Waals surface area (Å²) < 4.78 is 0. The lowest BCUT2D eigenvalue weighted by atomic mass is 9.62. The average Bonchev–Trinajstić information content (AvgIpc) is 2.49. The Labute approximate surface area is 143 Å². The van der Waals surface area contributed by atoms with Gasteiger partial charge in [-0.05, 0) is 50.9 Å². The minimum absolute atomic E-state index is 0.0300. The summed E-state index contributed by atoms with van der Waals surface area (Å²) in [4.78, 5) is 15.7. The van der Waals surface area contributed by atoms with Gasteiger partial charge in [0, 0.05) is 18.0 Å². The summed E-state index contributed by atoms with van der Waals surface area (Å²) in [5.74, 6) is 3.15. The van der Waals surface area contributed by atoms with E-state index in [9.17, 15) is 4.79 Å². The predicted molar refractivity (Wildman–Crippen MR) is 96.2 cm³/mol. The number of hydrogen-bond acceptors (Lipinski definition) is 1. The van der Waals surface area contributed by atoms with Gasteiger partial charge in [-0.3, -0.25) is 4.79 Å². The van der Waals surface area contributed by atoms with Crippen LogP contribution in [-0.4, -0.2) is 22.9 Å². The van der Waals surface area contributed by atoms with Crippen LogP contribution in [0.2, 0.25) is 0 Å². The van der Waals surface area contributed by atoms with Gasteiger partial charge in [0.25, 0.3) is 0 Å². The van der Waals surface area contributed by atoms with Crippen LogP contribution >= 0.6 is 0 Å². The Bertz CT molecular complexity index is 412. The largest absolute Gasteiger partial charge is 0.337 e. The molecule has 23 heavy (non-hydrogen) atoms. The minimum Gasteiger partial charge on any atom is -0.337 e.